The van der Waals surface area contributed by atoms with Crippen molar-refractivity contribution in [3.63, 3.8) is 0 Å². The Bertz CT molecular complexity index is 315. The normalized spacial score (nSPS) is 14.5. The van der Waals surface area contributed by atoms with Crippen LogP contribution in [0.4, 0.5) is 0 Å². The fourth-order valence-corrected chi connectivity index (χ4v) is 2.04. The highest BCUT2D eigenvalue weighted by atomic mass is 16.5. The van der Waals surface area contributed by atoms with Crippen molar-refractivity contribution in [3.05, 3.63) is 29.8 Å². The van der Waals surface area contributed by atoms with E-state index in [9.17, 15) is 0 Å². The first-order valence-corrected chi connectivity index (χ1v) is 5.74. The molecular weight excluding hydrogens is 200 g/mol. The van der Waals surface area contributed by atoms with Crippen molar-refractivity contribution in [2.45, 2.75) is 19.4 Å². The largest absolute Gasteiger partial charge is 0.497 e. The molecule has 2 unspecified atom stereocenters. The summed E-state index contributed by atoms with van der Waals surface area (Å²) in [6.45, 7) is 2.94. The molecule has 0 bridgehead atoms. The first-order chi connectivity index (χ1) is 7.72. The summed E-state index contributed by atoms with van der Waals surface area (Å²) in [5.41, 5.74) is 6.86. The average Bonchev–Trinajstić information content (AvgIpc) is 2.31. The lowest BCUT2D eigenvalue weighted by atomic mass is 9.92. The quantitative estimate of drug-likeness (QED) is 0.773. The van der Waals surface area contributed by atoms with Crippen molar-refractivity contribution in [1.29, 1.82) is 0 Å². The van der Waals surface area contributed by atoms with Gasteiger partial charge in [0.15, 0.2) is 0 Å². The molecule has 0 saturated carbocycles. The molecule has 0 amide bonds. The Labute approximate surface area is 98.0 Å². The van der Waals surface area contributed by atoms with Gasteiger partial charge >= 0.3 is 0 Å². The maximum Gasteiger partial charge on any atom is 0.119 e. The van der Waals surface area contributed by atoms with Gasteiger partial charge in [0.25, 0.3) is 0 Å². The smallest absolute Gasteiger partial charge is 0.119 e. The van der Waals surface area contributed by atoms with Crippen molar-refractivity contribution in [2.24, 2.45) is 11.7 Å². The number of hydrogen-bond acceptors (Lipinski definition) is 3. The molecule has 0 saturated heterocycles. The van der Waals surface area contributed by atoms with E-state index >= 15 is 0 Å². The summed E-state index contributed by atoms with van der Waals surface area (Å²) in [5.74, 6) is 1.42. The third-order valence-corrected chi connectivity index (χ3v) is 2.95. The van der Waals surface area contributed by atoms with Crippen LogP contribution in [0.5, 0.6) is 5.75 Å². The van der Waals surface area contributed by atoms with Gasteiger partial charge in [-0.15, -0.1) is 0 Å². The molecule has 0 fully saturated rings. The third kappa shape index (κ3) is 3.22. The Morgan fingerprint density at radius 1 is 1.44 bits per heavy atom. The van der Waals surface area contributed by atoms with Crippen LogP contribution in [0.2, 0.25) is 0 Å². The Hall–Kier alpha value is -1.06. The van der Waals surface area contributed by atoms with Gasteiger partial charge in [-0.05, 0) is 43.6 Å². The van der Waals surface area contributed by atoms with Crippen LogP contribution in [-0.4, -0.2) is 20.7 Å². The maximum atomic E-state index is 5.60. The zero-order chi connectivity index (χ0) is 12.0. The van der Waals surface area contributed by atoms with E-state index in [1.807, 2.05) is 19.2 Å². The molecule has 1 aromatic rings. The fourth-order valence-electron chi connectivity index (χ4n) is 2.04. The van der Waals surface area contributed by atoms with Crippen LogP contribution in [0, 0.1) is 5.92 Å². The lowest BCUT2D eigenvalue weighted by Gasteiger charge is -2.24. The first-order valence-electron chi connectivity index (χ1n) is 5.74. The molecule has 1 rings (SSSR count). The second-order valence-electron chi connectivity index (χ2n) is 4.10. The van der Waals surface area contributed by atoms with Crippen molar-refractivity contribution in [2.75, 3.05) is 20.7 Å². The standard InChI is InChI=1S/C13H22N2O/c1-10(7-8-14)13(15-2)11-5-4-6-12(9-11)16-3/h4-6,9-10,13,15H,7-8,14H2,1-3H3. The number of hydrogen-bond donors (Lipinski definition) is 2. The van der Waals surface area contributed by atoms with Crippen molar-refractivity contribution in [1.82, 2.24) is 5.32 Å². The number of nitrogens with two attached hydrogens (primary N) is 1. The average molecular weight is 222 g/mol. The monoisotopic (exact) mass is 222 g/mol. The Morgan fingerprint density at radius 2 is 2.19 bits per heavy atom. The Morgan fingerprint density at radius 3 is 2.75 bits per heavy atom. The summed E-state index contributed by atoms with van der Waals surface area (Å²) in [6, 6.07) is 8.51. The molecule has 16 heavy (non-hydrogen) atoms. The summed E-state index contributed by atoms with van der Waals surface area (Å²) in [7, 11) is 3.67. The number of nitrogens with one attached hydrogen (secondary N) is 1. The molecule has 0 aliphatic carbocycles. The van der Waals surface area contributed by atoms with E-state index in [0.717, 1.165) is 18.7 Å². The van der Waals surface area contributed by atoms with E-state index in [0.29, 0.717) is 12.0 Å². The molecule has 3 nitrogen and oxygen atoms in total. The molecule has 1 aromatic carbocycles. The molecule has 3 N–H and O–H groups in total. The van der Waals surface area contributed by atoms with Gasteiger partial charge in [0.2, 0.25) is 0 Å². The Kier molecular flexibility index (Phi) is 5.29. The van der Waals surface area contributed by atoms with Crippen LogP contribution < -0.4 is 15.8 Å². The van der Waals surface area contributed by atoms with Crippen molar-refractivity contribution >= 4 is 0 Å². The van der Waals surface area contributed by atoms with E-state index in [2.05, 4.69) is 24.4 Å². The molecule has 0 aliphatic heterocycles. The van der Waals surface area contributed by atoms with Gasteiger partial charge in [-0.2, -0.15) is 0 Å². The Balaban J connectivity index is 2.85. The number of rotatable bonds is 6. The van der Waals surface area contributed by atoms with Gasteiger partial charge in [-0.1, -0.05) is 19.1 Å². The highest BCUT2D eigenvalue weighted by Crippen LogP contribution is 2.26. The highest BCUT2D eigenvalue weighted by molar-refractivity contribution is 5.30. The highest BCUT2D eigenvalue weighted by Gasteiger charge is 2.16. The topological polar surface area (TPSA) is 47.3 Å². The molecule has 3 heteroatoms. The second kappa shape index (κ2) is 6.51. The predicted octanol–water partition coefficient (Wildman–Crippen LogP) is 1.94. The summed E-state index contributed by atoms with van der Waals surface area (Å²) < 4.78 is 5.24. The molecule has 0 radical (unpaired) electrons. The minimum atomic E-state index is 0.332. The fraction of sp³-hybridized carbons (Fsp3) is 0.538. The molecule has 0 aliphatic rings. The molecular formula is C13H22N2O. The molecule has 0 heterocycles. The third-order valence-electron chi connectivity index (χ3n) is 2.95. The van der Waals surface area contributed by atoms with E-state index in [-0.39, 0.29) is 0 Å². The summed E-state index contributed by atoms with van der Waals surface area (Å²) >= 11 is 0. The van der Waals surface area contributed by atoms with Gasteiger partial charge in [-0.25, -0.2) is 0 Å². The summed E-state index contributed by atoms with van der Waals surface area (Å²) in [5, 5.41) is 3.34. The molecule has 2 atom stereocenters. The van der Waals surface area contributed by atoms with Crippen LogP contribution in [0.25, 0.3) is 0 Å². The van der Waals surface area contributed by atoms with Gasteiger partial charge in [0, 0.05) is 6.04 Å². The minimum absolute atomic E-state index is 0.332. The van der Waals surface area contributed by atoms with E-state index < -0.39 is 0 Å². The number of benzene rings is 1. The lowest BCUT2D eigenvalue weighted by molar-refractivity contribution is 0.385. The lowest BCUT2D eigenvalue weighted by Crippen LogP contribution is -2.25. The minimum Gasteiger partial charge on any atom is -0.497 e. The molecule has 0 spiro atoms. The molecule has 0 aromatic heterocycles. The van der Waals surface area contributed by atoms with Gasteiger partial charge in [-0.3, -0.25) is 0 Å². The van der Waals surface area contributed by atoms with E-state index in [4.69, 9.17) is 10.5 Å². The van der Waals surface area contributed by atoms with E-state index in [1.165, 1.54) is 5.56 Å². The van der Waals surface area contributed by atoms with Crippen LogP contribution in [0.3, 0.4) is 0 Å². The summed E-state index contributed by atoms with van der Waals surface area (Å²) in [4.78, 5) is 0. The SMILES string of the molecule is CNC(c1cccc(OC)c1)C(C)CCN. The van der Waals surface area contributed by atoms with Gasteiger partial charge < -0.3 is 15.8 Å². The summed E-state index contributed by atoms with van der Waals surface area (Å²) in [6.07, 6.45) is 1.02. The van der Waals surface area contributed by atoms with Crippen LogP contribution in [-0.2, 0) is 0 Å². The van der Waals surface area contributed by atoms with Crippen molar-refractivity contribution in [3.8, 4) is 5.75 Å². The van der Waals surface area contributed by atoms with Crippen molar-refractivity contribution < 1.29 is 4.74 Å². The number of ether oxygens (including phenoxy) is 1. The maximum absolute atomic E-state index is 5.60. The first kappa shape index (κ1) is 13.0. The predicted molar refractivity (Wildman–Crippen MR) is 67.6 cm³/mol. The van der Waals surface area contributed by atoms with Crippen LogP contribution in [0.1, 0.15) is 24.9 Å². The number of methoxy groups -OCH3 is 1. The van der Waals surface area contributed by atoms with Gasteiger partial charge in [0.1, 0.15) is 5.75 Å². The second-order valence-corrected chi connectivity index (χ2v) is 4.10. The zero-order valence-electron chi connectivity index (χ0n) is 10.4. The van der Waals surface area contributed by atoms with E-state index in [1.54, 1.807) is 7.11 Å². The van der Waals surface area contributed by atoms with Crippen LogP contribution in [0.15, 0.2) is 24.3 Å². The zero-order valence-corrected chi connectivity index (χ0v) is 10.4. The molecule has 90 valence electrons. The van der Waals surface area contributed by atoms with Crippen LogP contribution >= 0.6 is 0 Å². The van der Waals surface area contributed by atoms with Gasteiger partial charge in [0.05, 0.1) is 7.11 Å².